The zero-order valence-corrected chi connectivity index (χ0v) is 10.7. The molecule has 0 aromatic heterocycles. The Morgan fingerprint density at radius 2 is 1.82 bits per heavy atom. The lowest BCUT2D eigenvalue weighted by Gasteiger charge is -2.21. The van der Waals surface area contributed by atoms with E-state index in [0.29, 0.717) is 17.1 Å². The minimum atomic E-state index is -0.410. The van der Waals surface area contributed by atoms with Crippen LogP contribution in [-0.4, -0.2) is 19.2 Å². The lowest BCUT2D eigenvalue weighted by Crippen LogP contribution is -2.29. The number of rotatable bonds is 2. The topological polar surface area (TPSA) is 81.6 Å². The maximum Gasteiger partial charge on any atom is 0.414 e. The van der Waals surface area contributed by atoms with E-state index in [9.17, 15) is 4.79 Å². The minimum Gasteiger partial charge on any atom is -0.446 e. The van der Waals surface area contributed by atoms with Crippen LogP contribution in [0.25, 0.3) is 0 Å². The fourth-order valence-corrected chi connectivity index (χ4v) is 1.48. The number of aryl methyl sites for hydroxylation is 1. The number of nitrogens with zero attached hydrogens (tertiary/aromatic N) is 1. The third kappa shape index (κ3) is 3.03. The maximum atomic E-state index is 11.7. The molecule has 0 bridgehead atoms. The number of nitrogen functional groups attached to an aromatic ring is 2. The third-order valence-electron chi connectivity index (χ3n) is 2.37. The van der Waals surface area contributed by atoms with Crippen molar-refractivity contribution in [1.29, 1.82) is 0 Å². The molecule has 0 spiro atoms. The van der Waals surface area contributed by atoms with Crippen LogP contribution in [0, 0.1) is 6.92 Å². The Morgan fingerprint density at radius 1 is 1.29 bits per heavy atom. The standard InChI is InChI=1S/C12H19N3O2/c1-7(2)17-12(16)15(4)11-6-10(14)9(13)5-8(11)3/h5-7H,13-14H2,1-4H3. The summed E-state index contributed by atoms with van der Waals surface area (Å²) < 4.78 is 5.11. The summed E-state index contributed by atoms with van der Waals surface area (Å²) in [4.78, 5) is 13.2. The lowest BCUT2D eigenvalue weighted by molar-refractivity contribution is 0.124. The van der Waals surface area contributed by atoms with Gasteiger partial charge in [0, 0.05) is 7.05 Å². The molecule has 1 aromatic carbocycles. The fraction of sp³-hybridized carbons (Fsp3) is 0.417. The first kappa shape index (κ1) is 13.2. The van der Waals surface area contributed by atoms with E-state index in [1.165, 1.54) is 4.90 Å². The summed E-state index contributed by atoms with van der Waals surface area (Å²) in [6.45, 7) is 5.47. The summed E-state index contributed by atoms with van der Waals surface area (Å²) in [6, 6.07) is 3.41. The summed E-state index contributed by atoms with van der Waals surface area (Å²) in [5.74, 6) is 0. The average Bonchev–Trinajstić information content (AvgIpc) is 2.21. The van der Waals surface area contributed by atoms with Crippen LogP contribution in [0.5, 0.6) is 0 Å². The highest BCUT2D eigenvalue weighted by Crippen LogP contribution is 2.27. The van der Waals surface area contributed by atoms with E-state index in [1.807, 2.05) is 6.92 Å². The normalized spacial score (nSPS) is 10.4. The molecular weight excluding hydrogens is 218 g/mol. The molecular formula is C12H19N3O2. The van der Waals surface area contributed by atoms with Gasteiger partial charge >= 0.3 is 6.09 Å². The smallest absolute Gasteiger partial charge is 0.414 e. The monoisotopic (exact) mass is 237 g/mol. The zero-order valence-electron chi connectivity index (χ0n) is 10.7. The molecule has 0 saturated carbocycles. The zero-order chi connectivity index (χ0) is 13.2. The van der Waals surface area contributed by atoms with Gasteiger partial charge in [-0.15, -0.1) is 0 Å². The highest BCUT2D eigenvalue weighted by Gasteiger charge is 2.16. The predicted octanol–water partition coefficient (Wildman–Crippen LogP) is 2.14. The molecule has 94 valence electrons. The van der Waals surface area contributed by atoms with Gasteiger partial charge in [0.15, 0.2) is 0 Å². The summed E-state index contributed by atoms with van der Waals surface area (Å²) in [6.07, 6.45) is -0.566. The molecule has 5 nitrogen and oxygen atoms in total. The van der Waals surface area contributed by atoms with Crippen LogP contribution >= 0.6 is 0 Å². The quantitative estimate of drug-likeness (QED) is 0.772. The minimum absolute atomic E-state index is 0.156. The first-order valence-electron chi connectivity index (χ1n) is 5.43. The molecule has 0 saturated heterocycles. The summed E-state index contributed by atoms with van der Waals surface area (Å²) in [5.41, 5.74) is 13.9. The maximum absolute atomic E-state index is 11.7. The molecule has 1 aromatic rings. The van der Waals surface area contributed by atoms with E-state index in [2.05, 4.69) is 0 Å². The van der Waals surface area contributed by atoms with Crippen LogP contribution in [0.3, 0.4) is 0 Å². The van der Waals surface area contributed by atoms with Crippen LogP contribution < -0.4 is 16.4 Å². The molecule has 1 amide bonds. The number of benzene rings is 1. The Morgan fingerprint density at radius 3 is 2.35 bits per heavy atom. The SMILES string of the molecule is Cc1cc(N)c(N)cc1N(C)C(=O)OC(C)C. The van der Waals surface area contributed by atoms with Crippen molar-refractivity contribution in [3.8, 4) is 0 Å². The largest absolute Gasteiger partial charge is 0.446 e. The van der Waals surface area contributed by atoms with E-state index in [1.54, 1.807) is 33.0 Å². The Hall–Kier alpha value is -1.91. The number of hydrogen-bond donors (Lipinski definition) is 2. The Kier molecular flexibility index (Phi) is 3.83. The van der Waals surface area contributed by atoms with Gasteiger partial charge in [0.05, 0.1) is 23.2 Å². The molecule has 1 rings (SSSR count). The second-order valence-electron chi connectivity index (χ2n) is 4.26. The number of ether oxygens (including phenoxy) is 1. The molecule has 0 aliphatic heterocycles. The number of nitrogens with two attached hydrogens (primary N) is 2. The molecule has 0 unspecified atom stereocenters. The van der Waals surface area contributed by atoms with Gasteiger partial charge in [-0.05, 0) is 38.5 Å². The van der Waals surface area contributed by atoms with Crippen LogP contribution in [0.15, 0.2) is 12.1 Å². The molecule has 5 heteroatoms. The van der Waals surface area contributed by atoms with Crippen molar-refractivity contribution in [2.75, 3.05) is 23.4 Å². The van der Waals surface area contributed by atoms with E-state index >= 15 is 0 Å². The van der Waals surface area contributed by atoms with Crippen LogP contribution in [0.1, 0.15) is 19.4 Å². The van der Waals surface area contributed by atoms with E-state index in [0.717, 1.165) is 5.56 Å². The number of anilines is 3. The van der Waals surface area contributed by atoms with Crippen LogP contribution in [-0.2, 0) is 4.74 Å². The highest BCUT2D eigenvalue weighted by molar-refractivity contribution is 5.90. The predicted molar refractivity (Wildman–Crippen MR) is 70.0 cm³/mol. The van der Waals surface area contributed by atoms with Crippen molar-refractivity contribution >= 4 is 23.2 Å². The van der Waals surface area contributed by atoms with E-state index < -0.39 is 6.09 Å². The first-order valence-corrected chi connectivity index (χ1v) is 5.43. The molecule has 4 N–H and O–H groups in total. The van der Waals surface area contributed by atoms with Gasteiger partial charge in [0.2, 0.25) is 0 Å². The van der Waals surface area contributed by atoms with Gasteiger partial charge < -0.3 is 16.2 Å². The lowest BCUT2D eigenvalue weighted by atomic mass is 10.1. The molecule has 0 fully saturated rings. The molecule has 0 heterocycles. The number of amides is 1. The van der Waals surface area contributed by atoms with E-state index in [4.69, 9.17) is 16.2 Å². The number of carbonyl (C=O) groups is 1. The molecule has 0 radical (unpaired) electrons. The third-order valence-corrected chi connectivity index (χ3v) is 2.37. The van der Waals surface area contributed by atoms with E-state index in [-0.39, 0.29) is 6.10 Å². The molecule has 0 atom stereocenters. The summed E-state index contributed by atoms with van der Waals surface area (Å²) in [7, 11) is 1.64. The van der Waals surface area contributed by atoms with Crippen molar-refractivity contribution in [3.63, 3.8) is 0 Å². The highest BCUT2D eigenvalue weighted by atomic mass is 16.6. The van der Waals surface area contributed by atoms with Gasteiger partial charge in [0.25, 0.3) is 0 Å². The van der Waals surface area contributed by atoms with Crippen molar-refractivity contribution in [2.24, 2.45) is 0 Å². The molecule has 0 aliphatic rings. The fourth-order valence-electron chi connectivity index (χ4n) is 1.48. The molecule has 0 aliphatic carbocycles. The van der Waals surface area contributed by atoms with Gasteiger partial charge in [-0.25, -0.2) is 4.79 Å². The second kappa shape index (κ2) is 4.95. The van der Waals surface area contributed by atoms with Crippen LogP contribution in [0.2, 0.25) is 0 Å². The van der Waals surface area contributed by atoms with Gasteiger partial charge in [-0.2, -0.15) is 0 Å². The Labute approximate surface area is 101 Å². The van der Waals surface area contributed by atoms with Crippen molar-refractivity contribution < 1.29 is 9.53 Å². The van der Waals surface area contributed by atoms with Crippen molar-refractivity contribution in [2.45, 2.75) is 26.9 Å². The Balaban J connectivity index is 3.00. The van der Waals surface area contributed by atoms with Crippen molar-refractivity contribution in [3.05, 3.63) is 17.7 Å². The summed E-state index contributed by atoms with van der Waals surface area (Å²) >= 11 is 0. The van der Waals surface area contributed by atoms with Gasteiger partial charge in [0.1, 0.15) is 0 Å². The number of hydrogen-bond acceptors (Lipinski definition) is 4. The van der Waals surface area contributed by atoms with Gasteiger partial charge in [-0.3, -0.25) is 4.90 Å². The first-order chi connectivity index (χ1) is 7.82. The Bertz CT molecular complexity index is 430. The molecule has 17 heavy (non-hydrogen) atoms. The number of carbonyl (C=O) groups excluding carboxylic acids is 1. The van der Waals surface area contributed by atoms with Gasteiger partial charge in [-0.1, -0.05) is 0 Å². The summed E-state index contributed by atoms with van der Waals surface area (Å²) in [5, 5.41) is 0. The second-order valence-corrected chi connectivity index (χ2v) is 4.26. The van der Waals surface area contributed by atoms with Crippen molar-refractivity contribution in [1.82, 2.24) is 0 Å². The van der Waals surface area contributed by atoms with Crippen LogP contribution in [0.4, 0.5) is 21.9 Å². The average molecular weight is 237 g/mol.